The molecular formula is C16H17NS2. The molecule has 0 amide bonds. The van der Waals surface area contributed by atoms with E-state index in [2.05, 4.69) is 41.7 Å². The lowest BCUT2D eigenvalue weighted by atomic mass is 10.1. The first-order valence-electron chi connectivity index (χ1n) is 6.24. The molecule has 0 unspecified atom stereocenters. The largest absolute Gasteiger partial charge is 0.316 e. The van der Waals surface area contributed by atoms with E-state index in [1.54, 1.807) is 11.8 Å². The Morgan fingerprint density at radius 2 is 1.63 bits per heavy atom. The highest BCUT2D eigenvalue weighted by Crippen LogP contribution is 2.19. The molecule has 0 bridgehead atoms. The van der Waals surface area contributed by atoms with Gasteiger partial charge in [0.1, 0.15) is 0 Å². The fourth-order valence-electron chi connectivity index (χ4n) is 1.76. The van der Waals surface area contributed by atoms with E-state index >= 15 is 0 Å². The van der Waals surface area contributed by atoms with Crippen molar-refractivity contribution in [3.05, 3.63) is 71.3 Å². The van der Waals surface area contributed by atoms with Gasteiger partial charge in [0.25, 0.3) is 0 Å². The number of hydrogen-bond acceptors (Lipinski definition) is 3. The van der Waals surface area contributed by atoms with Crippen LogP contribution >= 0.6 is 24.0 Å². The summed E-state index contributed by atoms with van der Waals surface area (Å²) < 4.78 is 0.958. The molecule has 3 heteroatoms. The molecule has 0 aromatic heterocycles. The van der Waals surface area contributed by atoms with Crippen LogP contribution in [0.5, 0.6) is 0 Å². The Morgan fingerprint density at radius 1 is 1.00 bits per heavy atom. The van der Waals surface area contributed by atoms with E-state index < -0.39 is 0 Å². The third kappa shape index (κ3) is 4.46. The Balaban J connectivity index is 1.90. The molecule has 0 aliphatic rings. The van der Waals surface area contributed by atoms with Gasteiger partial charge in [-0.1, -0.05) is 66.8 Å². The van der Waals surface area contributed by atoms with E-state index in [-0.39, 0.29) is 0 Å². The van der Waals surface area contributed by atoms with Gasteiger partial charge in [0.15, 0.2) is 0 Å². The second-order valence-corrected chi connectivity index (χ2v) is 5.94. The van der Waals surface area contributed by atoms with Crippen LogP contribution < -0.4 is 5.32 Å². The van der Waals surface area contributed by atoms with Gasteiger partial charge in [0, 0.05) is 12.3 Å². The van der Waals surface area contributed by atoms with Crippen LogP contribution in [0.1, 0.15) is 16.7 Å². The molecule has 0 fully saturated rings. The highest BCUT2D eigenvalue weighted by molar-refractivity contribution is 8.23. The number of nitrogens with one attached hydrogen (secondary N) is 1. The molecule has 0 atom stereocenters. The number of thiocarbonyl (C=S) groups is 1. The molecule has 98 valence electrons. The SMILES string of the molecule is CNCc1ccc(CSC(=S)c2ccccc2)cc1. The van der Waals surface area contributed by atoms with Crippen LogP contribution in [0.25, 0.3) is 0 Å². The summed E-state index contributed by atoms with van der Waals surface area (Å²) in [6.45, 7) is 0.913. The quantitative estimate of drug-likeness (QED) is 0.834. The molecule has 2 aromatic rings. The van der Waals surface area contributed by atoms with Crippen LogP contribution in [-0.2, 0) is 12.3 Å². The van der Waals surface area contributed by atoms with Gasteiger partial charge in [-0.25, -0.2) is 0 Å². The topological polar surface area (TPSA) is 12.0 Å². The van der Waals surface area contributed by atoms with Crippen molar-refractivity contribution in [3.63, 3.8) is 0 Å². The standard InChI is InChI=1S/C16H17NS2/c1-17-11-13-7-9-14(10-8-13)12-19-16(18)15-5-3-2-4-6-15/h2-10,17H,11-12H2,1H3. The van der Waals surface area contributed by atoms with Crippen molar-refractivity contribution < 1.29 is 0 Å². The van der Waals surface area contributed by atoms with Gasteiger partial charge in [-0.15, -0.1) is 11.8 Å². The maximum absolute atomic E-state index is 5.44. The summed E-state index contributed by atoms with van der Waals surface area (Å²) >= 11 is 7.16. The lowest BCUT2D eigenvalue weighted by Crippen LogP contribution is -2.04. The van der Waals surface area contributed by atoms with Gasteiger partial charge in [0.2, 0.25) is 0 Å². The molecular weight excluding hydrogens is 270 g/mol. The molecule has 19 heavy (non-hydrogen) atoms. The van der Waals surface area contributed by atoms with Crippen molar-refractivity contribution in [1.29, 1.82) is 0 Å². The molecule has 2 rings (SSSR count). The van der Waals surface area contributed by atoms with Crippen molar-refractivity contribution >= 4 is 28.2 Å². The second-order valence-electron chi connectivity index (χ2n) is 4.29. The molecule has 0 aliphatic carbocycles. The first-order chi connectivity index (χ1) is 9.29. The Morgan fingerprint density at radius 3 is 2.26 bits per heavy atom. The van der Waals surface area contributed by atoms with Crippen LogP contribution in [0.3, 0.4) is 0 Å². The predicted octanol–water partition coefficient (Wildman–Crippen LogP) is 4.01. The van der Waals surface area contributed by atoms with E-state index in [9.17, 15) is 0 Å². The van der Waals surface area contributed by atoms with Crippen LogP contribution in [-0.4, -0.2) is 11.2 Å². The lowest BCUT2D eigenvalue weighted by molar-refractivity contribution is 0.817. The van der Waals surface area contributed by atoms with Crippen molar-refractivity contribution in [2.75, 3.05) is 7.05 Å². The third-order valence-corrected chi connectivity index (χ3v) is 4.35. The number of thioether (sulfide) groups is 1. The minimum atomic E-state index is 0.913. The van der Waals surface area contributed by atoms with Gasteiger partial charge in [-0.2, -0.15) is 0 Å². The molecule has 0 saturated heterocycles. The molecule has 1 nitrogen and oxygen atoms in total. The van der Waals surface area contributed by atoms with Gasteiger partial charge in [-0.05, 0) is 23.7 Å². The molecule has 0 saturated carbocycles. The Labute approximate surface area is 124 Å². The first-order valence-corrected chi connectivity index (χ1v) is 7.63. The second kappa shape index (κ2) is 7.43. The van der Waals surface area contributed by atoms with Crippen molar-refractivity contribution in [2.24, 2.45) is 0 Å². The Bertz CT molecular complexity index is 520. The van der Waals surface area contributed by atoms with Crippen molar-refractivity contribution in [3.8, 4) is 0 Å². The van der Waals surface area contributed by atoms with Crippen molar-refractivity contribution in [1.82, 2.24) is 5.32 Å². The zero-order valence-corrected chi connectivity index (χ0v) is 12.6. The van der Waals surface area contributed by atoms with Crippen LogP contribution in [0.15, 0.2) is 54.6 Å². The van der Waals surface area contributed by atoms with E-state index in [1.807, 2.05) is 25.2 Å². The van der Waals surface area contributed by atoms with Crippen molar-refractivity contribution in [2.45, 2.75) is 12.3 Å². The van der Waals surface area contributed by atoms with Gasteiger partial charge in [0.05, 0.1) is 4.20 Å². The zero-order valence-electron chi connectivity index (χ0n) is 10.9. The maximum atomic E-state index is 5.44. The zero-order chi connectivity index (χ0) is 13.5. The minimum absolute atomic E-state index is 0.913. The Hall–Kier alpha value is -1.16. The highest BCUT2D eigenvalue weighted by atomic mass is 32.2. The fraction of sp³-hybridized carbons (Fsp3) is 0.188. The molecule has 2 aromatic carbocycles. The normalized spacial score (nSPS) is 10.4. The smallest absolute Gasteiger partial charge is 0.0781 e. The third-order valence-electron chi connectivity index (χ3n) is 2.78. The van der Waals surface area contributed by atoms with Crippen LogP contribution in [0.2, 0.25) is 0 Å². The van der Waals surface area contributed by atoms with Gasteiger partial charge >= 0.3 is 0 Å². The lowest BCUT2D eigenvalue weighted by Gasteiger charge is -2.05. The first kappa shape index (κ1) is 14.3. The minimum Gasteiger partial charge on any atom is -0.316 e. The Kier molecular flexibility index (Phi) is 5.58. The predicted molar refractivity (Wildman–Crippen MR) is 88.6 cm³/mol. The summed E-state index contributed by atoms with van der Waals surface area (Å²) in [4.78, 5) is 0. The summed E-state index contributed by atoms with van der Waals surface area (Å²) in [5, 5.41) is 3.15. The summed E-state index contributed by atoms with van der Waals surface area (Å²) in [7, 11) is 1.96. The fourth-order valence-corrected chi connectivity index (χ4v) is 2.87. The van der Waals surface area contributed by atoms with E-state index in [0.29, 0.717) is 0 Å². The average Bonchev–Trinajstić information content (AvgIpc) is 2.47. The maximum Gasteiger partial charge on any atom is 0.0781 e. The number of rotatable bonds is 5. The average molecular weight is 287 g/mol. The molecule has 0 heterocycles. The molecule has 0 aliphatic heterocycles. The highest BCUT2D eigenvalue weighted by Gasteiger charge is 2.02. The van der Waals surface area contributed by atoms with E-state index in [4.69, 9.17) is 12.2 Å². The van der Waals surface area contributed by atoms with Gasteiger partial charge in [-0.3, -0.25) is 0 Å². The number of benzene rings is 2. The molecule has 1 N–H and O–H groups in total. The molecule has 0 radical (unpaired) electrons. The number of hydrogen-bond donors (Lipinski definition) is 1. The summed E-state index contributed by atoms with van der Waals surface area (Å²) in [6.07, 6.45) is 0. The monoisotopic (exact) mass is 287 g/mol. The summed E-state index contributed by atoms with van der Waals surface area (Å²) in [6, 6.07) is 18.9. The van der Waals surface area contributed by atoms with Crippen LogP contribution in [0, 0.1) is 0 Å². The van der Waals surface area contributed by atoms with Crippen LogP contribution in [0.4, 0.5) is 0 Å². The van der Waals surface area contributed by atoms with E-state index in [1.165, 1.54) is 11.1 Å². The summed E-state index contributed by atoms with van der Waals surface area (Å²) in [5.74, 6) is 0.924. The van der Waals surface area contributed by atoms with E-state index in [0.717, 1.165) is 22.1 Å². The van der Waals surface area contributed by atoms with Gasteiger partial charge < -0.3 is 5.32 Å². The summed E-state index contributed by atoms with van der Waals surface area (Å²) in [5.41, 5.74) is 3.75. The molecule has 0 spiro atoms.